The highest BCUT2D eigenvalue weighted by Gasteiger charge is 2.18. The maximum Gasteiger partial charge on any atom is 0.0525 e. The van der Waals surface area contributed by atoms with Crippen LogP contribution in [0.5, 0.6) is 0 Å². The molecule has 3 nitrogen and oxygen atoms in total. The zero-order chi connectivity index (χ0) is 11.5. The Morgan fingerprint density at radius 1 is 1.56 bits per heavy atom. The van der Waals surface area contributed by atoms with Gasteiger partial charge < -0.3 is 15.7 Å². The Hall–Kier alpha value is -0.870. The van der Waals surface area contributed by atoms with Gasteiger partial charge in [0.1, 0.15) is 0 Å². The number of nitrogen functional groups attached to an aromatic ring is 1. The number of hydrogen-bond acceptors (Lipinski definition) is 4. The van der Waals surface area contributed by atoms with Gasteiger partial charge >= 0.3 is 0 Å². The van der Waals surface area contributed by atoms with Crippen LogP contribution in [0.15, 0.2) is 23.1 Å². The van der Waals surface area contributed by atoms with Crippen molar-refractivity contribution in [2.24, 2.45) is 5.92 Å². The second-order valence-corrected chi connectivity index (χ2v) is 5.45. The predicted molar refractivity (Wildman–Crippen MR) is 70.0 cm³/mol. The molecule has 0 fully saturated rings. The Balaban J connectivity index is 2.21. The van der Waals surface area contributed by atoms with Crippen LogP contribution in [0.3, 0.4) is 0 Å². The molecule has 88 valence electrons. The highest BCUT2D eigenvalue weighted by atomic mass is 32.2. The van der Waals surface area contributed by atoms with Gasteiger partial charge in [-0.15, -0.1) is 11.8 Å². The van der Waals surface area contributed by atoms with Gasteiger partial charge in [0.05, 0.1) is 5.69 Å². The van der Waals surface area contributed by atoms with Gasteiger partial charge in [-0.2, -0.15) is 0 Å². The van der Waals surface area contributed by atoms with Crippen LogP contribution in [0, 0.1) is 5.92 Å². The van der Waals surface area contributed by atoms with E-state index in [1.54, 1.807) is 0 Å². The van der Waals surface area contributed by atoms with E-state index >= 15 is 0 Å². The normalized spacial score (nSPS) is 17.0. The highest BCUT2D eigenvalue weighted by Crippen LogP contribution is 2.36. The fourth-order valence-corrected chi connectivity index (χ4v) is 2.95. The number of nitrogens with two attached hydrogens (primary N) is 1. The van der Waals surface area contributed by atoms with Crippen molar-refractivity contribution in [3.8, 4) is 0 Å². The zero-order valence-electron chi connectivity index (χ0n) is 9.52. The first-order valence-corrected chi connectivity index (χ1v) is 6.57. The molecule has 1 aliphatic heterocycles. The molecule has 0 aliphatic carbocycles. The second kappa shape index (κ2) is 4.97. The highest BCUT2D eigenvalue weighted by molar-refractivity contribution is 7.99. The van der Waals surface area contributed by atoms with Gasteiger partial charge in [0.25, 0.3) is 0 Å². The molecule has 1 heterocycles. The van der Waals surface area contributed by atoms with Crippen molar-refractivity contribution in [1.82, 2.24) is 0 Å². The molecule has 0 radical (unpaired) electrons. The third-order valence-corrected chi connectivity index (χ3v) is 3.83. The van der Waals surface area contributed by atoms with Crippen LogP contribution in [0.1, 0.15) is 6.92 Å². The molecule has 2 rings (SSSR count). The number of aliphatic hydroxyl groups excluding tert-OH is 1. The molecule has 3 N–H and O–H groups in total. The van der Waals surface area contributed by atoms with Crippen LogP contribution in [-0.2, 0) is 0 Å². The summed E-state index contributed by atoms with van der Waals surface area (Å²) in [7, 11) is 0. The average molecular weight is 238 g/mol. The summed E-state index contributed by atoms with van der Waals surface area (Å²) in [6.07, 6.45) is 0. The maximum absolute atomic E-state index is 9.11. The Bertz CT molecular complexity index is 370. The van der Waals surface area contributed by atoms with E-state index in [1.807, 2.05) is 23.9 Å². The minimum Gasteiger partial charge on any atom is -0.399 e. The molecule has 0 amide bonds. The summed E-state index contributed by atoms with van der Waals surface area (Å²) < 4.78 is 0. The summed E-state index contributed by atoms with van der Waals surface area (Å²) in [4.78, 5) is 3.62. The molecule has 4 heteroatoms. The number of fused-ring (bicyclic) bond motifs is 1. The Morgan fingerprint density at radius 2 is 2.38 bits per heavy atom. The van der Waals surface area contributed by atoms with E-state index in [-0.39, 0.29) is 6.61 Å². The van der Waals surface area contributed by atoms with E-state index in [0.29, 0.717) is 5.92 Å². The zero-order valence-corrected chi connectivity index (χ0v) is 10.3. The third kappa shape index (κ3) is 2.44. The van der Waals surface area contributed by atoms with E-state index in [9.17, 15) is 0 Å². The quantitative estimate of drug-likeness (QED) is 0.789. The van der Waals surface area contributed by atoms with Gasteiger partial charge in [-0.25, -0.2) is 0 Å². The molecule has 1 unspecified atom stereocenters. The SMILES string of the molecule is CC(CO)CN1CCSc2ccc(N)cc21. The van der Waals surface area contributed by atoms with Gasteiger partial charge in [-0.3, -0.25) is 0 Å². The van der Waals surface area contributed by atoms with Crippen LogP contribution < -0.4 is 10.6 Å². The molecular weight excluding hydrogens is 220 g/mol. The molecule has 0 saturated heterocycles. The minimum absolute atomic E-state index is 0.237. The van der Waals surface area contributed by atoms with Crippen LogP contribution in [0.25, 0.3) is 0 Å². The van der Waals surface area contributed by atoms with Crippen molar-refractivity contribution < 1.29 is 5.11 Å². The molecule has 0 bridgehead atoms. The second-order valence-electron chi connectivity index (χ2n) is 4.31. The number of benzene rings is 1. The van der Waals surface area contributed by atoms with Crippen molar-refractivity contribution in [3.63, 3.8) is 0 Å². The van der Waals surface area contributed by atoms with E-state index in [0.717, 1.165) is 24.5 Å². The van der Waals surface area contributed by atoms with E-state index in [1.165, 1.54) is 10.6 Å². The summed E-state index contributed by atoms with van der Waals surface area (Å²) in [6, 6.07) is 6.07. The Labute approximate surface area is 101 Å². The fourth-order valence-electron chi connectivity index (χ4n) is 1.91. The molecule has 1 aromatic rings. The van der Waals surface area contributed by atoms with Crippen LogP contribution in [0.4, 0.5) is 11.4 Å². The molecule has 0 aromatic heterocycles. The van der Waals surface area contributed by atoms with Crippen molar-refractivity contribution in [2.75, 3.05) is 36.1 Å². The van der Waals surface area contributed by atoms with E-state index < -0.39 is 0 Å². The monoisotopic (exact) mass is 238 g/mol. The summed E-state index contributed by atoms with van der Waals surface area (Å²) in [6.45, 7) is 4.23. The Morgan fingerprint density at radius 3 is 3.12 bits per heavy atom. The fraction of sp³-hybridized carbons (Fsp3) is 0.500. The van der Waals surface area contributed by atoms with Gasteiger partial charge in [-0.05, 0) is 24.1 Å². The van der Waals surface area contributed by atoms with Crippen LogP contribution in [-0.4, -0.2) is 30.6 Å². The molecular formula is C12H18N2OS. The lowest BCUT2D eigenvalue weighted by atomic mass is 10.1. The van der Waals surface area contributed by atoms with Crippen molar-refractivity contribution in [3.05, 3.63) is 18.2 Å². The van der Waals surface area contributed by atoms with Crippen LogP contribution >= 0.6 is 11.8 Å². The lowest BCUT2D eigenvalue weighted by Gasteiger charge is -2.32. The molecule has 16 heavy (non-hydrogen) atoms. The number of hydrogen-bond donors (Lipinski definition) is 2. The number of nitrogens with zero attached hydrogens (tertiary/aromatic N) is 1. The van der Waals surface area contributed by atoms with Gasteiger partial charge in [0, 0.05) is 36.0 Å². The lowest BCUT2D eigenvalue weighted by molar-refractivity contribution is 0.239. The smallest absolute Gasteiger partial charge is 0.0525 e. The molecule has 0 saturated carbocycles. The average Bonchev–Trinajstić information content (AvgIpc) is 2.29. The third-order valence-electron chi connectivity index (χ3n) is 2.79. The first kappa shape index (κ1) is 11.6. The largest absolute Gasteiger partial charge is 0.399 e. The topological polar surface area (TPSA) is 49.5 Å². The predicted octanol–water partition coefficient (Wildman–Crippen LogP) is 1.81. The lowest BCUT2D eigenvalue weighted by Crippen LogP contribution is -2.34. The van der Waals surface area contributed by atoms with Gasteiger partial charge in [-0.1, -0.05) is 6.92 Å². The minimum atomic E-state index is 0.237. The van der Waals surface area contributed by atoms with E-state index in [4.69, 9.17) is 10.8 Å². The van der Waals surface area contributed by atoms with E-state index in [2.05, 4.69) is 17.9 Å². The molecule has 1 atom stereocenters. The molecule has 1 aromatic carbocycles. The first-order chi connectivity index (χ1) is 7.70. The molecule has 0 spiro atoms. The number of rotatable bonds is 3. The number of anilines is 2. The summed E-state index contributed by atoms with van der Waals surface area (Å²) in [5.74, 6) is 1.41. The van der Waals surface area contributed by atoms with Gasteiger partial charge in [0.2, 0.25) is 0 Å². The number of aliphatic hydroxyl groups is 1. The summed E-state index contributed by atoms with van der Waals surface area (Å²) in [5.41, 5.74) is 7.85. The van der Waals surface area contributed by atoms with Crippen LogP contribution in [0.2, 0.25) is 0 Å². The summed E-state index contributed by atoms with van der Waals surface area (Å²) >= 11 is 1.88. The number of thioether (sulfide) groups is 1. The van der Waals surface area contributed by atoms with Crippen molar-refractivity contribution in [1.29, 1.82) is 0 Å². The maximum atomic E-state index is 9.11. The summed E-state index contributed by atoms with van der Waals surface area (Å²) in [5, 5.41) is 9.11. The Kier molecular flexibility index (Phi) is 3.61. The first-order valence-electron chi connectivity index (χ1n) is 5.59. The van der Waals surface area contributed by atoms with Crippen molar-refractivity contribution >= 4 is 23.1 Å². The van der Waals surface area contributed by atoms with Crippen molar-refractivity contribution in [2.45, 2.75) is 11.8 Å². The molecule has 1 aliphatic rings. The standard InChI is InChI=1S/C12H18N2OS/c1-9(8-15)7-14-4-5-16-12-3-2-10(13)6-11(12)14/h2-3,6,9,15H,4-5,7-8,13H2,1H3. The van der Waals surface area contributed by atoms with Gasteiger partial charge in [0.15, 0.2) is 0 Å².